The monoisotopic (exact) mass is 1160 g/mol. The van der Waals surface area contributed by atoms with E-state index >= 15 is 0 Å². The van der Waals surface area contributed by atoms with Crippen LogP contribution in [0.2, 0.25) is 0 Å². The molecule has 0 aliphatic carbocycles. The molecule has 3 heterocycles. The van der Waals surface area contributed by atoms with E-state index in [1.54, 1.807) is 43.3 Å². The number of benzene rings is 7. The molecule has 15 heteroatoms. The molecule has 15 atom stereocenters. The van der Waals surface area contributed by atoms with Gasteiger partial charge in [0.15, 0.2) is 18.7 Å². The summed E-state index contributed by atoms with van der Waals surface area (Å²) in [7, 11) is 0. The number of rotatable bonds is 27. The molecule has 0 spiro atoms. The fourth-order valence-electron chi connectivity index (χ4n) is 11.1. The van der Waals surface area contributed by atoms with E-state index in [1.807, 2.05) is 189 Å². The van der Waals surface area contributed by atoms with E-state index in [4.69, 9.17) is 56.8 Å². The third kappa shape index (κ3) is 16.2. The lowest BCUT2D eigenvalue weighted by atomic mass is 9.89. The SMILES string of the molecule is C=CC[C@@]1(O[C@@H]2[C@@H](O[C@H]3O[C@H](COCc4ccccc4)[C@@H](OCc4ccccc4)[C@H](OCc4ccccc4)[C@H]3OCc3ccccc3)[C@H](C)O[C@@H](O)[C@@H]2OC(=O)c2ccccc2)O[C@@H](C)[C@H](OCc2ccccc2)[C@@H](OCc2ccccc2)[C@H]1O. The van der Waals surface area contributed by atoms with Gasteiger partial charge in [-0.25, -0.2) is 4.79 Å². The molecular formula is C70H76O15. The summed E-state index contributed by atoms with van der Waals surface area (Å²) >= 11 is 0. The second-order valence-corrected chi connectivity index (χ2v) is 21.6. The first-order valence-corrected chi connectivity index (χ1v) is 29.1. The molecule has 7 aromatic rings. The Morgan fingerprint density at radius 1 is 0.471 bits per heavy atom. The van der Waals surface area contributed by atoms with Crippen molar-refractivity contribution in [2.75, 3.05) is 6.61 Å². The van der Waals surface area contributed by atoms with Crippen LogP contribution in [0, 0.1) is 0 Å². The highest BCUT2D eigenvalue weighted by atomic mass is 16.8. The molecule has 0 bridgehead atoms. The minimum Gasteiger partial charge on any atom is -0.450 e. The summed E-state index contributed by atoms with van der Waals surface area (Å²) in [5.41, 5.74) is 5.60. The maximum absolute atomic E-state index is 14.3. The van der Waals surface area contributed by atoms with Gasteiger partial charge < -0.3 is 67.1 Å². The first-order valence-electron chi connectivity index (χ1n) is 29.1. The summed E-state index contributed by atoms with van der Waals surface area (Å²) in [5, 5.41) is 25.3. The maximum atomic E-state index is 14.3. The van der Waals surface area contributed by atoms with E-state index in [2.05, 4.69) is 6.58 Å². The smallest absolute Gasteiger partial charge is 0.338 e. The summed E-state index contributed by atoms with van der Waals surface area (Å²) < 4.78 is 82.4. The molecule has 0 saturated carbocycles. The first-order chi connectivity index (χ1) is 41.6. The van der Waals surface area contributed by atoms with Gasteiger partial charge in [0.25, 0.3) is 0 Å². The van der Waals surface area contributed by atoms with Crippen LogP contribution in [0.15, 0.2) is 225 Å². The number of esters is 1. The van der Waals surface area contributed by atoms with E-state index in [0.717, 1.165) is 33.4 Å². The molecule has 3 aliphatic heterocycles. The van der Waals surface area contributed by atoms with Crippen LogP contribution in [-0.4, -0.2) is 114 Å². The van der Waals surface area contributed by atoms with Crippen molar-refractivity contribution >= 4 is 5.97 Å². The van der Waals surface area contributed by atoms with Crippen molar-refractivity contribution in [1.82, 2.24) is 0 Å². The highest BCUT2D eigenvalue weighted by Crippen LogP contribution is 2.43. The van der Waals surface area contributed by atoms with Gasteiger partial charge in [-0.1, -0.05) is 206 Å². The number of hydrogen-bond acceptors (Lipinski definition) is 15. The molecule has 0 amide bonds. The van der Waals surface area contributed by atoms with Crippen LogP contribution in [0.3, 0.4) is 0 Å². The molecule has 15 nitrogen and oxygen atoms in total. The highest BCUT2D eigenvalue weighted by molar-refractivity contribution is 5.89. The third-order valence-electron chi connectivity index (χ3n) is 15.4. The standard InChI is InChI=1S/C70H76O15/c1-4-40-70(66(71)63(78-45-54-34-20-9-21-35-54)58(49(3)84-70)75-42-51-28-14-6-15-29-51)85-62-59(48(2)80-68(73)64(62)82-67(72)56-38-24-11-25-39-56)83-69-65(79-46-55-36-22-10-23-37-55)61(77-44-53-32-18-8-19-33-53)60(76-43-52-30-16-7-17-31-52)57(81-69)47-74-41-50-26-12-5-13-27-50/h4-39,48-49,57-66,68-69,71,73H,1,40-47H2,2-3H3/t48-,49-,57+,58-,59-,60+,61-,62+,63+,64+,65+,66+,68+,69+,70-/m0/s1. The Hall–Kier alpha value is -6.77. The number of aliphatic hydroxyl groups is 2. The van der Waals surface area contributed by atoms with Gasteiger partial charge in [0, 0.05) is 6.42 Å². The van der Waals surface area contributed by atoms with Gasteiger partial charge in [-0.05, 0) is 59.4 Å². The number of ether oxygens (including phenoxy) is 12. The van der Waals surface area contributed by atoms with Crippen molar-refractivity contribution in [3.05, 3.63) is 264 Å². The lowest BCUT2D eigenvalue weighted by molar-refractivity contribution is -0.415. The van der Waals surface area contributed by atoms with Crippen LogP contribution in [0.5, 0.6) is 0 Å². The van der Waals surface area contributed by atoms with Crippen LogP contribution in [0.4, 0.5) is 0 Å². The Labute approximate surface area is 497 Å². The summed E-state index contributed by atoms with van der Waals surface area (Å²) in [5.74, 6) is -2.80. The molecule has 7 aromatic carbocycles. The van der Waals surface area contributed by atoms with Gasteiger partial charge in [0.1, 0.15) is 54.9 Å². The zero-order valence-electron chi connectivity index (χ0n) is 47.9. The van der Waals surface area contributed by atoms with Crippen molar-refractivity contribution in [2.45, 2.75) is 152 Å². The number of hydrogen-bond donors (Lipinski definition) is 2. The molecule has 3 fully saturated rings. The van der Waals surface area contributed by atoms with Crippen LogP contribution in [0.25, 0.3) is 0 Å². The number of carbonyl (C=O) groups excluding carboxylic acids is 1. The average Bonchev–Trinajstić information content (AvgIpc) is 1.70. The van der Waals surface area contributed by atoms with Gasteiger partial charge in [-0.3, -0.25) is 0 Å². The fraction of sp³-hybridized carbons (Fsp3) is 0.357. The molecule has 3 aliphatic rings. The Bertz CT molecular complexity index is 3060. The van der Waals surface area contributed by atoms with E-state index in [-0.39, 0.29) is 58.2 Å². The van der Waals surface area contributed by atoms with E-state index < -0.39 is 97.6 Å². The van der Waals surface area contributed by atoms with Crippen molar-refractivity contribution in [3.63, 3.8) is 0 Å². The van der Waals surface area contributed by atoms with Gasteiger partial charge in [0.2, 0.25) is 5.79 Å². The zero-order chi connectivity index (χ0) is 58.8. The van der Waals surface area contributed by atoms with Gasteiger partial charge in [0.05, 0.1) is 64.0 Å². The molecule has 85 heavy (non-hydrogen) atoms. The summed E-state index contributed by atoms with van der Waals surface area (Å²) in [6.45, 7) is 8.66. The van der Waals surface area contributed by atoms with E-state index in [9.17, 15) is 15.0 Å². The normalized spacial score (nSPS) is 28.5. The molecule has 446 valence electrons. The largest absolute Gasteiger partial charge is 0.450 e. The van der Waals surface area contributed by atoms with Crippen LogP contribution >= 0.6 is 0 Å². The van der Waals surface area contributed by atoms with Crippen LogP contribution in [-0.2, 0) is 96.5 Å². The minimum absolute atomic E-state index is 0.0235. The average molecular weight is 1160 g/mol. The zero-order valence-corrected chi connectivity index (χ0v) is 47.9. The van der Waals surface area contributed by atoms with Crippen molar-refractivity contribution < 1.29 is 71.8 Å². The molecule has 0 aromatic heterocycles. The van der Waals surface area contributed by atoms with Crippen molar-refractivity contribution in [1.29, 1.82) is 0 Å². The molecule has 0 radical (unpaired) electrons. The quantitative estimate of drug-likeness (QED) is 0.0368. The predicted molar refractivity (Wildman–Crippen MR) is 316 cm³/mol. The highest BCUT2D eigenvalue weighted by Gasteiger charge is 2.60. The maximum Gasteiger partial charge on any atom is 0.338 e. The van der Waals surface area contributed by atoms with E-state index in [0.29, 0.717) is 0 Å². The summed E-state index contributed by atoms with van der Waals surface area (Å²) in [6, 6.07) is 66.8. The number of carbonyl (C=O) groups is 1. The lowest BCUT2D eigenvalue weighted by Gasteiger charge is -2.54. The van der Waals surface area contributed by atoms with Crippen LogP contribution in [0.1, 0.15) is 64.0 Å². The molecule has 0 unspecified atom stereocenters. The lowest BCUT2D eigenvalue weighted by Crippen LogP contribution is -2.70. The number of aliphatic hydroxyl groups excluding tert-OH is 2. The van der Waals surface area contributed by atoms with Gasteiger partial charge in [-0.15, -0.1) is 6.58 Å². The third-order valence-corrected chi connectivity index (χ3v) is 15.4. The Kier molecular flexibility index (Phi) is 22.0. The van der Waals surface area contributed by atoms with Gasteiger partial charge in [-0.2, -0.15) is 0 Å². The Balaban J connectivity index is 1.05. The second-order valence-electron chi connectivity index (χ2n) is 21.6. The van der Waals surface area contributed by atoms with Crippen LogP contribution < -0.4 is 0 Å². The Morgan fingerprint density at radius 3 is 1.35 bits per heavy atom. The Morgan fingerprint density at radius 2 is 0.882 bits per heavy atom. The minimum atomic E-state index is -2.02. The van der Waals surface area contributed by atoms with Gasteiger partial charge >= 0.3 is 5.97 Å². The molecule has 3 saturated heterocycles. The first kappa shape index (κ1) is 61.3. The second kappa shape index (κ2) is 30.5. The fourth-order valence-corrected chi connectivity index (χ4v) is 11.1. The van der Waals surface area contributed by atoms with Crippen molar-refractivity contribution in [3.8, 4) is 0 Å². The van der Waals surface area contributed by atoms with Crippen molar-refractivity contribution in [2.24, 2.45) is 0 Å². The topological polar surface area (TPSA) is 168 Å². The summed E-state index contributed by atoms with van der Waals surface area (Å²) in [4.78, 5) is 14.3. The van der Waals surface area contributed by atoms with E-state index in [1.165, 1.54) is 0 Å². The molecule has 10 rings (SSSR count). The molecule has 2 N–H and O–H groups in total. The predicted octanol–water partition coefficient (Wildman–Crippen LogP) is 10.6. The summed E-state index contributed by atoms with van der Waals surface area (Å²) in [6.07, 6.45) is -15.1. The molecular weight excluding hydrogens is 1080 g/mol.